The highest BCUT2D eigenvalue weighted by molar-refractivity contribution is 5.71. The van der Waals surface area contributed by atoms with Crippen LogP contribution in [0.4, 0.5) is 0 Å². The van der Waals surface area contributed by atoms with Gasteiger partial charge in [-0.2, -0.15) is 0 Å². The molecule has 2 N–H and O–H groups in total. The zero-order valence-corrected chi connectivity index (χ0v) is 9.92. The van der Waals surface area contributed by atoms with Gasteiger partial charge >= 0.3 is 0 Å². The third-order valence-electron chi connectivity index (χ3n) is 1.61. The van der Waals surface area contributed by atoms with Gasteiger partial charge in [0.2, 0.25) is 0 Å². The van der Waals surface area contributed by atoms with Crippen LogP contribution in [-0.2, 0) is 4.74 Å². The van der Waals surface area contributed by atoms with Crippen molar-refractivity contribution in [3.63, 3.8) is 0 Å². The zero-order valence-electron chi connectivity index (χ0n) is 9.92. The molecule has 14 heavy (non-hydrogen) atoms. The van der Waals surface area contributed by atoms with Crippen LogP contribution < -0.4 is 5.73 Å². The highest BCUT2D eigenvalue weighted by Crippen LogP contribution is 2.16. The molecule has 0 aliphatic carbocycles. The number of ether oxygens (including phenoxy) is 1. The highest BCUT2D eigenvalue weighted by Gasteiger charge is 2.15. The van der Waals surface area contributed by atoms with Gasteiger partial charge in [-0.15, -0.1) is 6.58 Å². The van der Waals surface area contributed by atoms with E-state index in [-0.39, 0.29) is 17.0 Å². The molecule has 0 rings (SSSR count). The SMILES string of the molecule is C=CC(C)(C)CN=C(N)OC(C)(C)C. The summed E-state index contributed by atoms with van der Waals surface area (Å²) in [6.45, 7) is 14.2. The summed E-state index contributed by atoms with van der Waals surface area (Å²) in [6, 6.07) is 0.243. The van der Waals surface area contributed by atoms with Gasteiger partial charge in [-0.1, -0.05) is 19.9 Å². The van der Waals surface area contributed by atoms with Crippen LogP contribution in [0.5, 0.6) is 0 Å². The Morgan fingerprint density at radius 3 is 2.21 bits per heavy atom. The second-order valence-electron chi connectivity index (χ2n) is 5.06. The first kappa shape index (κ1) is 13.0. The fraction of sp³-hybridized carbons (Fsp3) is 0.727. The Kier molecular flexibility index (Phi) is 4.17. The number of amidine groups is 1. The third kappa shape index (κ3) is 6.52. The minimum absolute atomic E-state index is 0.0358. The Bertz CT molecular complexity index is 224. The maximum absolute atomic E-state index is 5.62. The van der Waals surface area contributed by atoms with Crippen molar-refractivity contribution < 1.29 is 4.74 Å². The topological polar surface area (TPSA) is 47.6 Å². The van der Waals surface area contributed by atoms with Crippen molar-refractivity contribution in [3.8, 4) is 0 Å². The minimum Gasteiger partial charge on any atom is -0.460 e. The van der Waals surface area contributed by atoms with Crippen LogP contribution >= 0.6 is 0 Å². The fourth-order valence-corrected chi connectivity index (χ4v) is 0.692. The molecule has 3 heteroatoms. The van der Waals surface area contributed by atoms with Crippen molar-refractivity contribution in [1.82, 2.24) is 0 Å². The van der Waals surface area contributed by atoms with Gasteiger partial charge < -0.3 is 10.5 Å². The van der Waals surface area contributed by atoms with Gasteiger partial charge in [0.15, 0.2) is 0 Å². The first-order valence-electron chi connectivity index (χ1n) is 4.79. The highest BCUT2D eigenvalue weighted by atomic mass is 16.5. The zero-order chi connectivity index (χ0) is 11.4. The molecule has 0 heterocycles. The van der Waals surface area contributed by atoms with Crippen LogP contribution in [0.3, 0.4) is 0 Å². The molecule has 0 radical (unpaired) electrons. The van der Waals surface area contributed by atoms with Crippen molar-refractivity contribution in [2.45, 2.75) is 40.2 Å². The van der Waals surface area contributed by atoms with E-state index in [4.69, 9.17) is 10.5 Å². The number of hydrogen-bond acceptors (Lipinski definition) is 2. The van der Waals surface area contributed by atoms with Crippen molar-refractivity contribution in [2.24, 2.45) is 16.1 Å². The monoisotopic (exact) mass is 198 g/mol. The standard InChI is InChI=1S/C11H22N2O/c1-7-11(5,6)8-13-9(12)14-10(2,3)4/h7H,1,8H2,2-6H3,(H2,12,13). The Morgan fingerprint density at radius 2 is 1.86 bits per heavy atom. The average Bonchev–Trinajstić information content (AvgIpc) is 1.98. The van der Waals surface area contributed by atoms with Gasteiger partial charge in [0.1, 0.15) is 5.60 Å². The summed E-state index contributed by atoms with van der Waals surface area (Å²) in [5, 5.41) is 0. The van der Waals surface area contributed by atoms with E-state index < -0.39 is 0 Å². The number of hydrogen-bond donors (Lipinski definition) is 1. The van der Waals surface area contributed by atoms with Crippen molar-refractivity contribution in [1.29, 1.82) is 0 Å². The fourth-order valence-electron chi connectivity index (χ4n) is 0.692. The third-order valence-corrected chi connectivity index (χ3v) is 1.61. The van der Waals surface area contributed by atoms with E-state index in [1.165, 1.54) is 0 Å². The van der Waals surface area contributed by atoms with Crippen LogP contribution in [0.1, 0.15) is 34.6 Å². The maximum Gasteiger partial charge on any atom is 0.282 e. The molecule has 0 fully saturated rings. The lowest BCUT2D eigenvalue weighted by Crippen LogP contribution is -2.30. The largest absolute Gasteiger partial charge is 0.460 e. The summed E-state index contributed by atoms with van der Waals surface area (Å²) >= 11 is 0. The molecule has 0 aromatic heterocycles. The summed E-state index contributed by atoms with van der Waals surface area (Å²) < 4.78 is 5.37. The molecular weight excluding hydrogens is 176 g/mol. The molecule has 0 bridgehead atoms. The molecule has 0 saturated heterocycles. The lowest BCUT2D eigenvalue weighted by atomic mass is 9.94. The predicted molar refractivity (Wildman–Crippen MR) is 61.3 cm³/mol. The Labute approximate surface area is 87.0 Å². The second kappa shape index (κ2) is 4.49. The van der Waals surface area contributed by atoms with E-state index in [1.807, 2.05) is 40.7 Å². The minimum atomic E-state index is -0.286. The van der Waals surface area contributed by atoms with Crippen molar-refractivity contribution in [3.05, 3.63) is 12.7 Å². The molecule has 0 amide bonds. The Hall–Kier alpha value is -0.990. The Morgan fingerprint density at radius 1 is 1.36 bits per heavy atom. The molecule has 0 atom stereocenters. The molecule has 0 aliphatic heterocycles. The van der Waals surface area contributed by atoms with Gasteiger partial charge in [-0.3, -0.25) is 0 Å². The summed E-state index contributed by atoms with van der Waals surface area (Å²) in [5.41, 5.74) is 5.29. The molecule has 0 unspecified atom stereocenters. The molecule has 0 aliphatic rings. The van der Waals surface area contributed by atoms with Gasteiger partial charge in [0.25, 0.3) is 6.02 Å². The van der Waals surface area contributed by atoms with Gasteiger partial charge in [0, 0.05) is 5.41 Å². The first-order valence-corrected chi connectivity index (χ1v) is 4.79. The average molecular weight is 198 g/mol. The van der Waals surface area contributed by atoms with E-state index in [9.17, 15) is 0 Å². The van der Waals surface area contributed by atoms with Gasteiger partial charge in [-0.25, -0.2) is 4.99 Å². The van der Waals surface area contributed by atoms with Gasteiger partial charge in [-0.05, 0) is 20.8 Å². The van der Waals surface area contributed by atoms with Crippen molar-refractivity contribution >= 4 is 6.02 Å². The Balaban J connectivity index is 4.20. The normalized spacial score (nSPS) is 13.9. The molecular formula is C11H22N2O. The van der Waals surface area contributed by atoms with Crippen molar-refractivity contribution in [2.75, 3.05) is 6.54 Å². The molecule has 82 valence electrons. The van der Waals surface area contributed by atoms with E-state index >= 15 is 0 Å². The molecule has 0 aromatic carbocycles. The maximum atomic E-state index is 5.62. The summed E-state index contributed by atoms with van der Waals surface area (Å²) in [4.78, 5) is 4.15. The summed E-state index contributed by atoms with van der Waals surface area (Å²) in [7, 11) is 0. The number of nitrogens with zero attached hydrogens (tertiary/aromatic N) is 1. The van der Waals surface area contributed by atoms with Crippen LogP contribution in [0.25, 0.3) is 0 Å². The number of nitrogens with two attached hydrogens (primary N) is 1. The van der Waals surface area contributed by atoms with E-state index in [0.717, 1.165) is 0 Å². The smallest absolute Gasteiger partial charge is 0.282 e. The second-order valence-corrected chi connectivity index (χ2v) is 5.06. The van der Waals surface area contributed by atoms with Crippen LogP contribution in [-0.4, -0.2) is 18.2 Å². The number of rotatable bonds is 3. The summed E-state index contributed by atoms with van der Waals surface area (Å²) in [5.74, 6) is 0. The van der Waals surface area contributed by atoms with Gasteiger partial charge in [0.05, 0.1) is 6.54 Å². The first-order chi connectivity index (χ1) is 6.16. The molecule has 0 saturated carbocycles. The number of aliphatic imine (C=N–C) groups is 1. The lowest BCUT2D eigenvalue weighted by molar-refractivity contribution is 0.113. The van der Waals surface area contributed by atoms with Crippen LogP contribution in [0.2, 0.25) is 0 Å². The molecule has 3 nitrogen and oxygen atoms in total. The van der Waals surface area contributed by atoms with E-state index in [2.05, 4.69) is 11.6 Å². The van der Waals surface area contributed by atoms with E-state index in [1.54, 1.807) is 0 Å². The van der Waals surface area contributed by atoms with Crippen LogP contribution in [0, 0.1) is 5.41 Å². The van der Waals surface area contributed by atoms with E-state index in [0.29, 0.717) is 6.54 Å². The predicted octanol–water partition coefficient (Wildman–Crippen LogP) is 2.33. The summed E-state index contributed by atoms with van der Waals surface area (Å²) in [6.07, 6.45) is 1.86. The quantitative estimate of drug-likeness (QED) is 0.430. The molecule has 0 spiro atoms. The molecule has 0 aromatic rings. The van der Waals surface area contributed by atoms with Crippen LogP contribution in [0.15, 0.2) is 17.6 Å². The lowest BCUT2D eigenvalue weighted by Gasteiger charge is -2.21.